The quantitative estimate of drug-likeness (QED) is 0.694. The summed E-state index contributed by atoms with van der Waals surface area (Å²) in [6.45, 7) is 1.28. The van der Waals surface area contributed by atoms with E-state index >= 15 is 0 Å². The Morgan fingerprint density at radius 2 is 2.12 bits per heavy atom. The molecular weight excluding hydrogens is 344 g/mol. The summed E-state index contributed by atoms with van der Waals surface area (Å²) in [7, 11) is 1.73. The fourth-order valence-corrected chi connectivity index (χ4v) is 2.29. The Morgan fingerprint density at radius 1 is 1.28 bits per heavy atom. The predicted octanol–water partition coefficient (Wildman–Crippen LogP) is 2.98. The highest BCUT2D eigenvalue weighted by Gasteiger charge is 2.10. The Kier molecular flexibility index (Phi) is 7.35. The standard InChI is InChI=1S/C18H21ClN2O4/c1-21(10-12-24-15-6-2-5-14(19)13-15)17(22)8-3-9-20-18(23)16-7-4-11-25-16/h2,4-7,11,13H,3,8-10,12H2,1H3,(H,20,23). The number of halogens is 1. The number of likely N-dealkylation sites (N-methyl/N-ethyl adjacent to an activating group) is 1. The normalized spacial score (nSPS) is 10.3. The van der Waals surface area contributed by atoms with Gasteiger partial charge in [-0.15, -0.1) is 0 Å². The van der Waals surface area contributed by atoms with Crippen LogP contribution in [0.25, 0.3) is 0 Å². The maximum absolute atomic E-state index is 12.0. The van der Waals surface area contributed by atoms with E-state index in [1.165, 1.54) is 6.26 Å². The van der Waals surface area contributed by atoms with Gasteiger partial charge in [0.1, 0.15) is 12.4 Å². The zero-order valence-corrected chi connectivity index (χ0v) is 14.8. The van der Waals surface area contributed by atoms with Crippen molar-refractivity contribution in [2.45, 2.75) is 12.8 Å². The maximum atomic E-state index is 12.0. The van der Waals surface area contributed by atoms with Gasteiger partial charge in [0.15, 0.2) is 5.76 Å². The third-order valence-corrected chi connectivity index (χ3v) is 3.75. The van der Waals surface area contributed by atoms with Crippen LogP contribution in [0.2, 0.25) is 5.02 Å². The number of nitrogens with zero attached hydrogens (tertiary/aromatic N) is 1. The van der Waals surface area contributed by atoms with Crippen LogP contribution in [0.15, 0.2) is 47.1 Å². The zero-order valence-electron chi connectivity index (χ0n) is 14.0. The van der Waals surface area contributed by atoms with E-state index in [-0.39, 0.29) is 17.6 Å². The Hall–Kier alpha value is -2.47. The van der Waals surface area contributed by atoms with E-state index in [9.17, 15) is 9.59 Å². The first-order valence-corrected chi connectivity index (χ1v) is 8.38. The largest absolute Gasteiger partial charge is 0.492 e. The second kappa shape index (κ2) is 9.74. The molecule has 0 atom stereocenters. The molecule has 6 nitrogen and oxygen atoms in total. The van der Waals surface area contributed by atoms with Crippen molar-refractivity contribution in [1.29, 1.82) is 0 Å². The number of carbonyl (C=O) groups is 2. The number of benzene rings is 1. The van der Waals surface area contributed by atoms with Gasteiger partial charge in [-0.3, -0.25) is 9.59 Å². The number of hydrogen-bond acceptors (Lipinski definition) is 4. The van der Waals surface area contributed by atoms with Crippen LogP contribution in [0.4, 0.5) is 0 Å². The first kappa shape index (κ1) is 18.9. The number of furan rings is 1. The molecule has 1 N–H and O–H groups in total. The summed E-state index contributed by atoms with van der Waals surface area (Å²) in [5.74, 6) is 0.665. The first-order chi connectivity index (χ1) is 12.1. The monoisotopic (exact) mass is 364 g/mol. The number of ether oxygens (including phenoxy) is 1. The van der Waals surface area contributed by atoms with Gasteiger partial charge in [-0.2, -0.15) is 0 Å². The molecule has 1 heterocycles. The number of hydrogen-bond donors (Lipinski definition) is 1. The van der Waals surface area contributed by atoms with E-state index in [4.69, 9.17) is 20.8 Å². The summed E-state index contributed by atoms with van der Waals surface area (Å²) in [5.41, 5.74) is 0. The lowest BCUT2D eigenvalue weighted by molar-refractivity contribution is -0.130. The molecule has 2 rings (SSSR count). The zero-order chi connectivity index (χ0) is 18.1. The maximum Gasteiger partial charge on any atom is 0.286 e. The van der Waals surface area contributed by atoms with Crippen molar-refractivity contribution >= 4 is 23.4 Å². The molecule has 0 fully saturated rings. The molecule has 2 aromatic rings. The molecule has 0 saturated carbocycles. The van der Waals surface area contributed by atoms with Gasteiger partial charge < -0.3 is 19.4 Å². The Labute approximate surface area is 151 Å². The second-order valence-corrected chi connectivity index (χ2v) is 5.89. The van der Waals surface area contributed by atoms with E-state index in [0.29, 0.717) is 43.3 Å². The van der Waals surface area contributed by atoms with Crippen LogP contribution in [0, 0.1) is 0 Å². The van der Waals surface area contributed by atoms with Crippen LogP contribution >= 0.6 is 11.6 Å². The highest BCUT2D eigenvalue weighted by atomic mass is 35.5. The Bertz CT molecular complexity index is 688. The molecule has 0 spiro atoms. The van der Waals surface area contributed by atoms with Gasteiger partial charge in [0.2, 0.25) is 5.91 Å². The molecule has 134 valence electrons. The smallest absolute Gasteiger partial charge is 0.286 e. The molecule has 2 amide bonds. The molecule has 0 aliphatic carbocycles. The second-order valence-electron chi connectivity index (χ2n) is 5.46. The number of carbonyl (C=O) groups excluding carboxylic acids is 2. The van der Waals surface area contributed by atoms with Crippen molar-refractivity contribution in [2.75, 3.05) is 26.7 Å². The highest BCUT2D eigenvalue weighted by Crippen LogP contribution is 2.16. The molecule has 1 aromatic carbocycles. The van der Waals surface area contributed by atoms with Crippen LogP contribution in [0.5, 0.6) is 5.75 Å². The van der Waals surface area contributed by atoms with Gasteiger partial charge in [0, 0.05) is 25.0 Å². The predicted molar refractivity (Wildman–Crippen MR) is 94.9 cm³/mol. The summed E-state index contributed by atoms with van der Waals surface area (Å²) in [5, 5.41) is 3.32. The molecule has 0 aliphatic rings. The van der Waals surface area contributed by atoms with Crippen LogP contribution in [-0.2, 0) is 4.79 Å². The number of amides is 2. The summed E-state index contributed by atoms with van der Waals surface area (Å²) >= 11 is 5.88. The van der Waals surface area contributed by atoms with Crippen LogP contribution in [0.1, 0.15) is 23.4 Å². The molecule has 0 radical (unpaired) electrons. The lowest BCUT2D eigenvalue weighted by atomic mass is 10.2. The third-order valence-electron chi connectivity index (χ3n) is 3.52. The van der Waals surface area contributed by atoms with Gasteiger partial charge in [-0.05, 0) is 36.8 Å². The van der Waals surface area contributed by atoms with E-state index in [2.05, 4.69) is 5.32 Å². The van der Waals surface area contributed by atoms with E-state index < -0.39 is 0 Å². The number of nitrogens with one attached hydrogen (secondary N) is 1. The lowest BCUT2D eigenvalue weighted by Gasteiger charge is -2.17. The first-order valence-electron chi connectivity index (χ1n) is 8.00. The molecular formula is C18H21ClN2O4. The van der Waals surface area contributed by atoms with Crippen molar-refractivity contribution in [3.8, 4) is 5.75 Å². The van der Waals surface area contributed by atoms with E-state index in [1.54, 1.807) is 36.2 Å². The highest BCUT2D eigenvalue weighted by molar-refractivity contribution is 6.30. The van der Waals surface area contributed by atoms with Gasteiger partial charge in [0.25, 0.3) is 5.91 Å². The van der Waals surface area contributed by atoms with Crippen LogP contribution < -0.4 is 10.1 Å². The minimum atomic E-state index is -0.277. The molecule has 0 bridgehead atoms. The minimum Gasteiger partial charge on any atom is -0.492 e. The molecule has 25 heavy (non-hydrogen) atoms. The molecule has 0 aliphatic heterocycles. The van der Waals surface area contributed by atoms with E-state index in [0.717, 1.165) is 0 Å². The van der Waals surface area contributed by atoms with Crippen molar-refractivity contribution in [3.63, 3.8) is 0 Å². The average Bonchev–Trinajstić information content (AvgIpc) is 3.13. The van der Waals surface area contributed by atoms with Crippen molar-refractivity contribution in [3.05, 3.63) is 53.4 Å². The van der Waals surface area contributed by atoms with Crippen molar-refractivity contribution < 1.29 is 18.7 Å². The fraction of sp³-hybridized carbons (Fsp3) is 0.333. The van der Waals surface area contributed by atoms with Crippen molar-refractivity contribution in [2.24, 2.45) is 0 Å². The van der Waals surface area contributed by atoms with Crippen molar-refractivity contribution in [1.82, 2.24) is 10.2 Å². The SMILES string of the molecule is CN(CCOc1cccc(Cl)c1)C(=O)CCCNC(=O)c1ccco1. The molecule has 1 aromatic heterocycles. The molecule has 0 unspecified atom stereocenters. The lowest BCUT2D eigenvalue weighted by Crippen LogP contribution is -2.31. The Balaban J connectivity index is 1.59. The topological polar surface area (TPSA) is 71.8 Å². The summed E-state index contributed by atoms with van der Waals surface area (Å²) in [6.07, 6.45) is 2.36. The average molecular weight is 365 g/mol. The van der Waals surface area contributed by atoms with Crippen LogP contribution in [-0.4, -0.2) is 43.5 Å². The fourth-order valence-electron chi connectivity index (χ4n) is 2.11. The minimum absolute atomic E-state index is 0.00180. The van der Waals surface area contributed by atoms with Gasteiger partial charge in [-0.25, -0.2) is 0 Å². The van der Waals surface area contributed by atoms with Gasteiger partial charge in [0.05, 0.1) is 12.8 Å². The Morgan fingerprint density at radius 3 is 2.84 bits per heavy atom. The van der Waals surface area contributed by atoms with Crippen LogP contribution in [0.3, 0.4) is 0 Å². The third kappa shape index (κ3) is 6.51. The van der Waals surface area contributed by atoms with E-state index in [1.807, 2.05) is 12.1 Å². The summed E-state index contributed by atoms with van der Waals surface area (Å²) in [4.78, 5) is 25.3. The van der Waals surface area contributed by atoms with Gasteiger partial charge in [-0.1, -0.05) is 17.7 Å². The van der Waals surface area contributed by atoms with Gasteiger partial charge >= 0.3 is 0 Å². The summed E-state index contributed by atoms with van der Waals surface area (Å²) in [6, 6.07) is 10.4. The molecule has 0 saturated heterocycles. The number of rotatable bonds is 9. The summed E-state index contributed by atoms with van der Waals surface area (Å²) < 4.78 is 10.6. The molecule has 7 heteroatoms.